The Morgan fingerprint density at radius 1 is 1.13 bits per heavy atom. The highest BCUT2D eigenvalue weighted by molar-refractivity contribution is 7.89. The fourth-order valence-corrected chi connectivity index (χ4v) is 5.74. The smallest absolute Gasteiger partial charge is 0.387 e. The highest BCUT2D eigenvalue weighted by Gasteiger charge is 2.33. The number of nitrogens with one attached hydrogen (secondary N) is 1. The fourth-order valence-electron chi connectivity index (χ4n) is 2.95. The van der Waals surface area contributed by atoms with E-state index in [0.29, 0.717) is 13.1 Å². The Balaban J connectivity index is 1.63. The number of hydrogen-bond donors (Lipinski definition) is 1. The average molecular weight is 475 g/mol. The standard InChI is InChI=1S/C19H20F2N2O6S2/c1-12(17(24)22-13-4-6-14(7-5-13)29-19(20)21)28-18(25)16-15(8-11-30-16)31(26,27)23-9-2-3-10-23/h4-8,11-12,19H,2-3,9-10H2,1H3,(H,22,24)/t12-/m0/s1. The molecule has 1 aromatic carbocycles. The van der Waals surface area contributed by atoms with Crippen LogP contribution in [0.2, 0.25) is 0 Å². The normalized spacial score (nSPS) is 15.6. The molecule has 2 aromatic rings. The van der Waals surface area contributed by atoms with E-state index in [1.807, 2.05) is 0 Å². The Bertz CT molecular complexity index is 1030. The van der Waals surface area contributed by atoms with Crippen molar-refractivity contribution in [2.45, 2.75) is 37.4 Å². The largest absolute Gasteiger partial charge is 0.448 e. The maximum absolute atomic E-state index is 12.8. The van der Waals surface area contributed by atoms with Crippen molar-refractivity contribution in [1.82, 2.24) is 4.31 Å². The summed E-state index contributed by atoms with van der Waals surface area (Å²) < 4.78 is 60.6. The lowest BCUT2D eigenvalue weighted by molar-refractivity contribution is -0.123. The number of sulfonamides is 1. The minimum atomic E-state index is -3.81. The highest BCUT2D eigenvalue weighted by Crippen LogP contribution is 2.28. The van der Waals surface area contributed by atoms with Crippen LogP contribution in [-0.2, 0) is 19.6 Å². The van der Waals surface area contributed by atoms with Crippen molar-refractivity contribution in [3.8, 4) is 5.75 Å². The Kier molecular flexibility index (Phi) is 7.23. The Morgan fingerprint density at radius 2 is 1.77 bits per heavy atom. The minimum absolute atomic E-state index is 0.0723. The predicted molar refractivity (Wildman–Crippen MR) is 109 cm³/mol. The number of hydrogen-bond acceptors (Lipinski definition) is 7. The number of thiophene rings is 1. The van der Waals surface area contributed by atoms with E-state index in [-0.39, 0.29) is 21.2 Å². The van der Waals surface area contributed by atoms with Crippen LogP contribution in [-0.4, -0.2) is 50.4 Å². The zero-order valence-electron chi connectivity index (χ0n) is 16.4. The molecule has 3 rings (SSSR count). The van der Waals surface area contributed by atoms with Crippen molar-refractivity contribution in [2.75, 3.05) is 18.4 Å². The number of nitrogens with zero attached hydrogens (tertiary/aromatic N) is 1. The van der Waals surface area contributed by atoms with Gasteiger partial charge in [0.1, 0.15) is 15.5 Å². The molecule has 0 bridgehead atoms. The third-order valence-electron chi connectivity index (χ3n) is 4.50. The number of carbonyl (C=O) groups is 2. The van der Waals surface area contributed by atoms with Gasteiger partial charge in [0, 0.05) is 18.8 Å². The van der Waals surface area contributed by atoms with Gasteiger partial charge in [-0.25, -0.2) is 13.2 Å². The first-order valence-corrected chi connectivity index (χ1v) is 11.6. The molecule has 12 heteroatoms. The van der Waals surface area contributed by atoms with Crippen LogP contribution < -0.4 is 10.1 Å². The molecular formula is C19H20F2N2O6S2. The van der Waals surface area contributed by atoms with Crippen LogP contribution in [0.15, 0.2) is 40.6 Å². The summed E-state index contributed by atoms with van der Waals surface area (Å²) in [6.07, 6.45) is 0.291. The van der Waals surface area contributed by atoms with E-state index >= 15 is 0 Å². The lowest BCUT2D eigenvalue weighted by atomic mass is 10.3. The van der Waals surface area contributed by atoms with Gasteiger partial charge < -0.3 is 14.8 Å². The third kappa shape index (κ3) is 5.57. The molecule has 168 valence electrons. The summed E-state index contributed by atoms with van der Waals surface area (Å²) in [6, 6.07) is 6.55. The summed E-state index contributed by atoms with van der Waals surface area (Å²) in [5.41, 5.74) is 0.280. The van der Waals surface area contributed by atoms with Crippen molar-refractivity contribution >= 4 is 38.9 Å². The van der Waals surface area contributed by atoms with Gasteiger partial charge >= 0.3 is 12.6 Å². The summed E-state index contributed by atoms with van der Waals surface area (Å²) in [4.78, 5) is 24.6. The maximum atomic E-state index is 12.8. The summed E-state index contributed by atoms with van der Waals surface area (Å²) in [5.74, 6) is -1.66. The molecule has 1 amide bonds. The van der Waals surface area contributed by atoms with E-state index in [0.717, 1.165) is 24.2 Å². The molecule has 0 spiro atoms. The second-order valence-electron chi connectivity index (χ2n) is 6.66. The Morgan fingerprint density at radius 3 is 2.39 bits per heavy atom. The quantitative estimate of drug-likeness (QED) is 0.589. The van der Waals surface area contributed by atoms with E-state index in [9.17, 15) is 26.8 Å². The zero-order chi connectivity index (χ0) is 22.6. The number of esters is 1. The van der Waals surface area contributed by atoms with Crippen molar-refractivity contribution in [3.63, 3.8) is 0 Å². The van der Waals surface area contributed by atoms with Crippen molar-refractivity contribution in [3.05, 3.63) is 40.6 Å². The predicted octanol–water partition coefficient (Wildman–Crippen LogP) is 3.32. The van der Waals surface area contributed by atoms with Crippen LogP contribution in [0.1, 0.15) is 29.4 Å². The number of ether oxygens (including phenoxy) is 2. The van der Waals surface area contributed by atoms with Gasteiger partial charge in [-0.3, -0.25) is 4.79 Å². The number of amides is 1. The van der Waals surface area contributed by atoms with Crippen LogP contribution in [0.4, 0.5) is 14.5 Å². The lowest BCUT2D eigenvalue weighted by Gasteiger charge is -2.17. The minimum Gasteiger partial charge on any atom is -0.448 e. The molecule has 1 aliphatic rings. The maximum Gasteiger partial charge on any atom is 0.387 e. The number of carbonyl (C=O) groups excluding carboxylic acids is 2. The molecule has 31 heavy (non-hydrogen) atoms. The molecule has 1 fully saturated rings. The third-order valence-corrected chi connectivity index (χ3v) is 7.46. The average Bonchev–Trinajstić information content (AvgIpc) is 3.41. The summed E-state index contributed by atoms with van der Waals surface area (Å²) in [5, 5.41) is 3.96. The molecule has 1 saturated heterocycles. The van der Waals surface area contributed by atoms with Crippen LogP contribution in [0.5, 0.6) is 5.75 Å². The highest BCUT2D eigenvalue weighted by atomic mass is 32.2. The van der Waals surface area contributed by atoms with Crippen molar-refractivity contribution in [2.24, 2.45) is 0 Å². The van der Waals surface area contributed by atoms with Gasteiger partial charge in [-0.15, -0.1) is 11.3 Å². The second-order valence-corrected chi connectivity index (χ2v) is 9.49. The van der Waals surface area contributed by atoms with Gasteiger partial charge in [-0.1, -0.05) is 0 Å². The molecule has 0 aliphatic carbocycles. The van der Waals surface area contributed by atoms with E-state index in [4.69, 9.17) is 4.74 Å². The van der Waals surface area contributed by atoms with E-state index in [2.05, 4.69) is 10.1 Å². The summed E-state index contributed by atoms with van der Waals surface area (Å²) in [7, 11) is -3.81. The lowest BCUT2D eigenvalue weighted by Crippen LogP contribution is -2.31. The van der Waals surface area contributed by atoms with Gasteiger partial charge in [0.05, 0.1) is 0 Å². The molecule has 0 unspecified atom stereocenters. The molecule has 1 aliphatic heterocycles. The van der Waals surface area contributed by atoms with Crippen LogP contribution in [0, 0.1) is 0 Å². The van der Waals surface area contributed by atoms with Crippen molar-refractivity contribution < 1.29 is 36.3 Å². The van der Waals surface area contributed by atoms with Gasteiger partial charge in [0.15, 0.2) is 6.10 Å². The Labute approximate surface area is 181 Å². The fraction of sp³-hybridized carbons (Fsp3) is 0.368. The summed E-state index contributed by atoms with van der Waals surface area (Å²) >= 11 is 0.920. The second kappa shape index (κ2) is 9.71. The SMILES string of the molecule is C[C@H](OC(=O)c1sccc1S(=O)(=O)N1CCCC1)C(=O)Nc1ccc(OC(F)F)cc1. The molecule has 1 atom stereocenters. The van der Waals surface area contributed by atoms with E-state index < -0.39 is 34.6 Å². The van der Waals surface area contributed by atoms with Gasteiger partial charge in [0.25, 0.3) is 5.91 Å². The number of alkyl halides is 2. The zero-order valence-corrected chi connectivity index (χ0v) is 18.0. The number of halogens is 2. The van der Waals surface area contributed by atoms with Gasteiger partial charge in [-0.2, -0.15) is 13.1 Å². The summed E-state index contributed by atoms with van der Waals surface area (Å²) in [6.45, 7) is -0.834. The van der Waals surface area contributed by atoms with E-state index in [1.165, 1.54) is 46.9 Å². The molecule has 0 radical (unpaired) electrons. The number of rotatable bonds is 8. The van der Waals surface area contributed by atoms with Crippen molar-refractivity contribution in [1.29, 1.82) is 0 Å². The topological polar surface area (TPSA) is 102 Å². The first-order valence-electron chi connectivity index (χ1n) is 9.33. The Hall–Kier alpha value is -2.57. The van der Waals surface area contributed by atoms with Gasteiger partial charge in [0.2, 0.25) is 10.0 Å². The molecule has 2 heterocycles. The number of benzene rings is 1. The molecule has 1 aromatic heterocycles. The monoisotopic (exact) mass is 474 g/mol. The first kappa shape index (κ1) is 23.1. The molecular weight excluding hydrogens is 454 g/mol. The number of anilines is 1. The van der Waals surface area contributed by atoms with Crippen LogP contribution >= 0.6 is 11.3 Å². The van der Waals surface area contributed by atoms with Crippen LogP contribution in [0.3, 0.4) is 0 Å². The first-order chi connectivity index (χ1) is 14.7. The molecule has 1 N–H and O–H groups in total. The molecule has 8 nitrogen and oxygen atoms in total. The van der Waals surface area contributed by atoms with Gasteiger partial charge in [-0.05, 0) is 55.5 Å². The van der Waals surface area contributed by atoms with Crippen LogP contribution in [0.25, 0.3) is 0 Å². The van der Waals surface area contributed by atoms with E-state index in [1.54, 1.807) is 0 Å². The molecule has 0 saturated carbocycles.